The average Bonchev–Trinajstić information content (AvgIpc) is 2.90. The molecule has 0 saturated heterocycles. The molecule has 0 bridgehead atoms. The monoisotopic (exact) mass is 565 g/mol. The Kier molecular flexibility index (Phi) is 9.53. The first-order valence-corrected chi connectivity index (χ1v) is 13.6. The van der Waals surface area contributed by atoms with Crippen molar-refractivity contribution in [2.24, 2.45) is 0 Å². The molecule has 0 fully saturated rings. The van der Waals surface area contributed by atoms with Crippen LogP contribution in [0.1, 0.15) is 18.9 Å². The molecule has 3 aromatic carbocycles. The van der Waals surface area contributed by atoms with E-state index in [0.29, 0.717) is 5.56 Å². The molecule has 0 unspecified atom stereocenters. The summed E-state index contributed by atoms with van der Waals surface area (Å²) in [5.74, 6) is -1.53. The molecule has 3 aromatic rings. The highest BCUT2D eigenvalue weighted by molar-refractivity contribution is 7.92. The van der Waals surface area contributed by atoms with Gasteiger partial charge >= 0.3 is 0 Å². The number of hydrogen-bond acceptors (Lipinski definition) is 4. The van der Waals surface area contributed by atoms with Crippen molar-refractivity contribution in [2.45, 2.75) is 30.8 Å². The molecule has 7 nitrogen and oxygen atoms in total. The van der Waals surface area contributed by atoms with Gasteiger partial charge in [-0.25, -0.2) is 12.8 Å². The standard InChI is InChI=1S/C26H26Cl2FN3O4S/c1-3-22(26(34)30-2)31(16-18-12-14-19(29)15-13-18)24(33)17-32(23-11-7-10-21(27)25(23)28)37(35,36)20-8-5-4-6-9-20/h4-15,22H,3,16-17H2,1-2H3,(H,30,34)/t22-/m0/s1. The zero-order valence-corrected chi connectivity index (χ0v) is 22.5. The topological polar surface area (TPSA) is 86.8 Å². The molecular formula is C26H26Cl2FN3O4S. The molecule has 11 heteroatoms. The lowest BCUT2D eigenvalue weighted by atomic mass is 10.1. The molecule has 0 radical (unpaired) electrons. The van der Waals surface area contributed by atoms with Crippen LogP contribution in [0.25, 0.3) is 0 Å². The van der Waals surface area contributed by atoms with E-state index in [1.807, 2.05) is 0 Å². The van der Waals surface area contributed by atoms with Crippen LogP contribution < -0.4 is 9.62 Å². The summed E-state index contributed by atoms with van der Waals surface area (Å²) in [6.07, 6.45) is 0.260. The number of benzene rings is 3. The number of amides is 2. The van der Waals surface area contributed by atoms with Crippen LogP contribution in [0.3, 0.4) is 0 Å². The van der Waals surface area contributed by atoms with E-state index >= 15 is 0 Å². The number of likely N-dealkylation sites (N-methyl/N-ethyl adjacent to an activating group) is 1. The fraction of sp³-hybridized carbons (Fsp3) is 0.231. The second kappa shape index (κ2) is 12.4. The van der Waals surface area contributed by atoms with E-state index < -0.39 is 40.2 Å². The van der Waals surface area contributed by atoms with Crippen molar-refractivity contribution in [3.05, 3.63) is 94.2 Å². The maximum absolute atomic E-state index is 13.8. The van der Waals surface area contributed by atoms with Gasteiger partial charge in [-0.2, -0.15) is 0 Å². The lowest BCUT2D eigenvalue weighted by molar-refractivity contribution is -0.140. The van der Waals surface area contributed by atoms with Crippen molar-refractivity contribution in [1.82, 2.24) is 10.2 Å². The van der Waals surface area contributed by atoms with Gasteiger partial charge in [-0.15, -0.1) is 0 Å². The molecule has 0 aliphatic heterocycles. The summed E-state index contributed by atoms with van der Waals surface area (Å²) in [6.45, 7) is 1.02. The smallest absolute Gasteiger partial charge is 0.264 e. The van der Waals surface area contributed by atoms with Crippen LogP contribution in [0.15, 0.2) is 77.7 Å². The summed E-state index contributed by atoms with van der Waals surface area (Å²) in [5.41, 5.74) is 0.580. The third-order valence-corrected chi connectivity index (χ3v) is 8.29. The third kappa shape index (κ3) is 6.60. The van der Waals surface area contributed by atoms with E-state index in [1.54, 1.807) is 25.1 Å². The second-order valence-corrected chi connectivity index (χ2v) is 10.7. The highest BCUT2D eigenvalue weighted by atomic mass is 35.5. The van der Waals surface area contributed by atoms with E-state index in [4.69, 9.17) is 23.2 Å². The van der Waals surface area contributed by atoms with Crippen LogP contribution >= 0.6 is 23.2 Å². The molecule has 1 N–H and O–H groups in total. The summed E-state index contributed by atoms with van der Waals surface area (Å²) in [6, 6.07) is 16.7. The zero-order chi connectivity index (χ0) is 27.2. The number of anilines is 1. The summed E-state index contributed by atoms with van der Waals surface area (Å²) in [7, 11) is -2.82. The highest BCUT2D eigenvalue weighted by Gasteiger charge is 2.34. The van der Waals surface area contributed by atoms with E-state index in [9.17, 15) is 22.4 Å². The van der Waals surface area contributed by atoms with Gasteiger partial charge in [0.15, 0.2) is 0 Å². The first-order chi connectivity index (χ1) is 17.6. The SMILES string of the molecule is CC[C@@H](C(=O)NC)N(Cc1ccc(F)cc1)C(=O)CN(c1cccc(Cl)c1Cl)S(=O)(=O)c1ccccc1. The zero-order valence-electron chi connectivity index (χ0n) is 20.2. The maximum Gasteiger partial charge on any atom is 0.264 e. The Hall–Kier alpha value is -3.14. The molecule has 2 amide bonds. The average molecular weight is 566 g/mol. The lowest BCUT2D eigenvalue weighted by Gasteiger charge is -2.33. The summed E-state index contributed by atoms with van der Waals surface area (Å²) >= 11 is 12.6. The largest absolute Gasteiger partial charge is 0.357 e. The van der Waals surface area contributed by atoms with Gasteiger partial charge in [0.25, 0.3) is 10.0 Å². The number of sulfonamides is 1. The van der Waals surface area contributed by atoms with Crippen molar-refractivity contribution in [3.8, 4) is 0 Å². The van der Waals surface area contributed by atoms with Gasteiger partial charge in [-0.1, -0.05) is 66.5 Å². The van der Waals surface area contributed by atoms with Gasteiger partial charge in [0.1, 0.15) is 18.4 Å². The molecule has 0 aliphatic rings. The van der Waals surface area contributed by atoms with E-state index in [-0.39, 0.29) is 33.6 Å². The Morgan fingerprint density at radius 3 is 2.22 bits per heavy atom. The summed E-state index contributed by atoms with van der Waals surface area (Å²) < 4.78 is 41.8. The van der Waals surface area contributed by atoms with Crippen LogP contribution in [0.5, 0.6) is 0 Å². The number of halogens is 3. The van der Waals surface area contributed by atoms with Crippen molar-refractivity contribution < 1.29 is 22.4 Å². The minimum absolute atomic E-state index is 0.0149. The molecule has 37 heavy (non-hydrogen) atoms. The Labute approximate surface area is 225 Å². The maximum atomic E-state index is 13.8. The van der Waals surface area contributed by atoms with E-state index in [2.05, 4.69) is 5.32 Å². The van der Waals surface area contributed by atoms with Crippen LogP contribution in [0.4, 0.5) is 10.1 Å². The third-order valence-electron chi connectivity index (χ3n) is 5.71. The quantitative estimate of drug-likeness (QED) is 0.379. The van der Waals surface area contributed by atoms with Crippen molar-refractivity contribution in [3.63, 3.8) is 0 Å². The van der Waals surface area contributed by atoms with Crippen molar-refractivity contribution >= 4 is 50.7 Å². The normalized spacial score (nSPS) is 12.0. The van der Waals surface area contributed by atoms with E-state index in [0.717, 1.165) is 4.31 Å². The number of hydrogen-bond donors (Lipinski definition) is 1. The molecule has 0 aromatic heterocycles. The Bertz CT molecular complexity index is 1360. The van der Waals surface area contributed by atoms with Gasteiger partial charge in [0, 0.05) is 13.6 Å². The fourth-order valence-corrected chi connectivity index (χ4v) is 5.69. The minimum Gasteiger partial charge on any atom is -0.357 e. The number of nitrogens with zero attached hydrogens (tertiary/aromatic N) is 2. The predicted octanol–water partition coefficient (Wildman–Crippen LogP) is 4.88. The molecule has 1 atom stereocenters. The number of carbonyl (C=O) groups excluding carboxylic acids is 2. The molecule has 0 aliphatic carbocycles. The van der Waals surface area contributed by atoms with Gasteiger partial charge in [-0.05, 0) is 48.4 Å². The second-order valence-electron chi connectivity index (χ2n) is 8.08. The molecule has 196 valence electrons. The Morgan fingerprint density at radius 1 is 0.973 bits per heavy atom. The lowest BCUT2D eigenvalue weighted by Crippen LogP contribution is -2.51. The van der Waals surface area contributed by atoms with Crippen molar-refractivity contribution in [1.29, 1.82) is 0 Å². The van der Waals surface area contributed by atoms with E-state index in [1.165, 1.54) is 66.5 Å². The summed E-state index contributed by atoms with van der Waals surface area (Å²) in [4.78, 5) is 27.7. The molecule has 0 spiro atoms. The number of rotatable bonds is 10. The van der Waals surface area contributed by atoms with Crippen LogP contribution in [-0.4, -0.2) is 44.8 Å². The van der Waals surface area contributed by atoms with Crippen molar-refractivity contribution in [2.75, 3.05) is 17.9 Å². The first kappa shape index (κ1) is 28.4. The van der Waals surface area contributed by atoms with Crippen LogP contribution in [-0.2, 0) is 26.2 Å². The Morgan fingerprint density at radius 2 is 1.62 bits per heavy atom. The number of carbonyl (C=O) groups is 2. The van der Waals surface area contributed by atoms with Crippen LogP contribution in [0, 0.1) is 5.82 Å². The van der Waals surface area contributed by atoms with Crippen LogP contribution in [0.2, 0.25) is 10.0 Å². The molecule has 0 saturated carbocycles. The molecule has 0 heterocycles. The molecular weight excluding hydrogens is 540 g/mol. The predicted molar refractivity (Wildman–Crippen MR) is 143 cm³/mol. The molecule has 3 rings (SSSR count). The van der Waals surface area contributed by atoms with Gasteiger partial charge in [0.05, 0.1) is 20.6 Å². The summed E-state index contributed by atoms with van der Waals surface area (Å²) in [5, 5.41) is 2.61. The fourth-order valence-electron chi connectivity index (χ4n) is 3.79. The van der Waals surface area contributed by atoms with Gasteiger partial charge in [0.2, 0.25) is 11.8 Å². The number of nitrogens with one attached hydrogen (secondary N) is 1. The first-order valence-electron chi connectivity index (χ1n) is 11.4. The van der Waals surface area contributed by atoms with Gasteiger partial charge < -0.3 is 10.2 Å². The minimum atomic E-state index is -4.27. The van der Waals surface area contributed by atoms with Gasteiger partial charge in [-0.3, -0.25) is 13.9 Å². The Balaban J connectivity index is 2.09. The highest BCUT2D eigenvalue weighted by Crippen LogP contribution is 2.35.